The maximum absolute atomic E-state index is 13.5. The van der Waals surface area contributed by atoms with Crippen LogP contribution in [0.25, 0.3) is 0 Å². The van der Waals surface area contributed by atoms with Gasteiger partial charge in [-0.3, -0.25) is 27.7 Å². The normalized spacial score (nSPS) is 22.0. The van der Waals surface area contributed by atoms with Gasteiger partial charge < -0.3 is 20.3 Å². The lowest BCUT2D eigenvalue weighted by Crippen LogP contribution is -2.37. The van der Waals surface area contributed by atoms with E-state index in [0.29, 0.717) is 0 Å². The van der Waals surface area contributed by atoms with Crippen molar-refractivity contribution in [3.8, 4) is 0 Å². The minimum absolute atomic E-state index is 0.0219. The first kappa shape index (κ1) is 34.9. The Bertz CT molecular complexity index is 1080. The number of methoxy groups -OCH3 is 1. The fourth-order valence-corrected chi connectivity index (χ4v) is 6.23. The Hall–Kier alpha value is -1.29. The van der Waals surface area contributed by atoms with Gasteiger partial charge in [0, 0.05) is 35.6 Å². The summed E-state index contributed by atoms with van der Waals surface area (Å²) in [5.41, 5.74) is 3.75. The summed E-state index contributed by atoms with van der Waals surface area (Å²) >= 11 is 2.07. The van der Waals surface area contributed by atoms with Gasteiger partial charge >= 0.3 is 13.5 Å². The Kier molecular flexibility index (Phi) is 12.9. The molecule has 1 unspecified atom stereocenters. The molecule has 1 aliphatic rings. The van der Waals surface area contributed by atoms with Crippen molar-refractivity contribution in [2.75, 3.05) is 44.2 Å². The zero-order valence-corrected chi connectivity index (χ0v) is 26.4. The summed E-state index contributed by atoms with van der Waals surface area (Å²) in [6, 6.07) is 1.40. The number of thioether (sulfide) groups is 2. The molecule has 2 heterocycles. The number of aliphatic hydroxyl groups is 1. The van der Waals surface area contributed by atoms with Gasteiger partial charge in [0.15, 0.2) is 16.5 Å². The Balaban J connectivity index is 2.07. The number of phosphoric ester groups is 1. The second-order valence-corrected chi connectivity index (χ2v) is 14.8. The number of aromatic nitrogens is 2. The summed E-state index contributed by atoms with van der Waals surface area (Å²) in [6.45, 7) is 10.1. The third-order valence-corrected chi connectivity index (χ3v) is 9.42. The number of nitrogens with two attached hydrogens (primary N) is 1. The maximum atomic E-state index is 13.5. The summed E-state index contributed by atoms with van der Waals surface area (Å²) in [5.74, 6) is 0.426. The lowest BCUT2D eigenvalue weighted by atomic mass is 9.99. The lowest BCUT2D eigenvalue weighted by molar-refractivity contribution is -0.118. The molecule has 2 rings (SSSR count). The number of carbonyl (C=O) groups excluding carboxylic acids is 2. The first-order valence-electron chi connectivity index (χ1n) is 12.6. The molecule has 1 fully saturated rings. The van der Waals surface area contributed by atoms with Crippen LogP contribution in [-0.4, -0.2) is 81.6 Å². The molecule has 0 amide bonds. The fourth-order valence-electron chi connectivity index (χ4n) is 3.23. The molecule has 0 radical (unpaired) electrons. The Morgan fingerprint density at radius 3 is 2.05 bits per heavy atom. The van der Waals surface area contributed by atoms with Gasteiger partial charge in [-0.15, -0.1) is 0 Å². The van der Waals surface area contributed by atoms with E-state index in [4.69, 9.17) is 28.8 Å². The predicted octanol–water partition coefficient (Wildman–Crippen LogP) is 2.87. The van der Waals surface area contributed by atoms with E-state index in [-0.39, 0.29) is 40.8 Å². The summed E-state index contributed by atoms with van der Waals surface area (Å²) in [6.07, 6.45) is -3.02. The van der Waals surface area contributed by atoms with E-state index < -0.39 is 55.5 Å². The molecule has 40 heavy (non-hydrogen) atoms. The summed E-state index contributed by atoms with van der Waals surface area (Å²) < 4.78 is 42.2. The number of hydrogen-bond acceptors (Lipinski definition) is 14. The molecule has 3 N–H and O–H groups in total. The van der Waals surface area contributed by atoms with Crippen LogP contribution in [0.5, 0.6) is 0 Å². The van der Waals surface area contributed by atoms with Crippen molar-refractivity contribution < 1.29 is 42.3 Å². The van der Waals surface area contributed by atoms with Crippen molar-refractivity contribution in [1.82, 2.24) is 9.55 Å². The Labute approximate surface area is 242 Å². The standard InChI is InChI=1S/C24H40N3O10PS2/c1-23(2,3)20(29)39-12-10-34-38(32,35-11-13-40-21(30)24(4,5)6)36-14-15-17(28)18(33-7)19(37-15)27-9-8-16(25)26-22(27)31/h8-9,15,17-19,28H,10-14H2,1-7H3,(H2,25,26,31)/t15-,17-,18-,19?/m1/s1. The molecular formula is C24H40N3O10PS2. The van der Waals surface area contributed by atoms with Crippen molar-refractivity contribution in [3.63, 3.8) is 0 Å². The van der Waals surface area contributed by atoms with E-state index in [9.17, 15) is 24.1 Å². The number of aliphatic hydroxyl groups excluding tert-OH is 1. The van der Waals surface area contributed by atoms with Crippen molar-refractivity contribution in [3.05, 3.63) is 22.7 Å². The molecule has 0 saturated carbocycles. The third-order valence-electron chi connectivity index (χ3n) is 5.46. The Morgan fingerprint density at radius 1 is 1.07 bits per heavy atom. The fraction of sp³-hybridized carbons (Fsp3) is 0.750. The minimum Gasteiger partial charge on any atom is -0.387 e. The zero-order valence-electron chi connectivity index (χ0n) is 23.9. The zero-order chi connectivity index (χ0) is 30.3. The minimum atomic E-state index is -4.21. The molecular weight excluding hydrogens is 585 g/mol. The highest BCUT2D eigenvalue weighted by atomic mass is 32.2. The first-order valence-corrected chi connectivity index (χ1v) is 16.0. The van der Waals surface area contributed by atoms with Crippen molar-refractivity contribution in [2.24, 2.45) is 10.8 Å². The summed E-state index contributed by atoms with van der Waals surface area (Å²) in [4.78, 5) is 40.3. The smallest absolute Gasteiger partial charge is 0.387 e. The van der Waals surface area contributed by atoms with Crippen LogP contribution < -0.4 is 11.4 Å². The molecule has 0 aromatic carbocycles. The number of rotatable bonds is 13. The van der Waals surface area contributed by atoms with E-state index in [2.05, 4.69) is 4.98 Å². The van der Waals surface area contributed by atoms with E-state index in [1.807, 2.05) is 0 Å². The van der Waals surface area contributed by atoms with Crippen LogP contribution in [0, 0.1) is 10.8 Å². The highest BCUT2D eigenvalue weighted by molar-refractivity contribution is 8.14. The van der Waals surface area contributed by atoms with Crippen LogP contribution in [0.4, 0.5) is 5.82 Å². The first-order chi connectivity index (χ1) is 18.5. The lowest BCUT2D eigenvalue weighted by Gasteiger charge is -2.22. The predicted molar refractivity (Wildman–Crippen MR) is 153 cm³/mol. The second-order valence-electron chi connectivity index (χ2n) is 11.0. The van der Waals surface area contributed by atoms with Gasteiger partial charge in [-0.05, 0) is 6.07 Å². The van der Waals surface area contributed by atoms with Crippen LogP contribution in [0.3, 0.4) is 0 Å². The van der Waals surface area contributed by atoms with Gasteiger partial charge in [0.1, 0.15) is 24.1 Å². The van der Waals surface area contributed by atoms with Crippen molar-refractivity contribution in [2.45, 2.75) is 66.1 Å². The summed E-state index contributed by atoms with van der Waals surface area (Å²) in [7, 11) is -2.87. The van der Waals surface area contributed by atoms with Crippen molar-refractivity contribution in [1.29, 1.82) is 0 Å². The second kappa shape index (κ2) is 14.7. The van der Waals surface area contributed by atoms with Gasteiger partial charge in [0.05, 0.1) is 19.8 Å². The number of nitrogen functional groups attached to an aromatic ring is 1. The SMILES string of the molecule is CO[C@H]1C(n2ccc(N)nc2=O)O[C@H](COP(=O)(OCCSC(=O)C(C)(C)C)OCCSC(=O)C(C)(C)C)[C@H]1O. The van der Waals surface area contributed by atoms with Crippen LogP contribution >= 0.6 is 31.3 Å². The molecule has 1 aromatic heterocycles. The van der Waals surface area contributed by atoms with Crippen LogP contribution in [0.1, 0.15) is 47.8 Å². The molecule has 16 heteroatoms. The highest BCUT2D eigenvalue weighted by Crippen LogP contribution is 2.50. The van der Waals surface area contributed by atoms with Crippen LogP contribution in [-0.2, 0) is 37.2 Å². The third kappa shape index (κ3) is 10.2. The number of ether oxygens (including phenoxy) is 2. The van der Waals surface area contributed by atoms with Gasteiger partial charge in [0.2, 0.25) is 0 Å². The average Bonchev–Trinajstić information content (AvgIpc) is 3.16. The van der Waals surface area contributed by atoms with E-state index >= 15 is 0 Å². The monoisotopic (exact) mass is 625 g/mol. The average molecular weight is 626 g/mol. The highest BCUT2D eigenvalue weighted by Gasteiger charge is 2.46. The summed E-state index contributed by atoms with van der Waals surface area (Å²) in [5, 5.41) is 10.7. The number of anilines is 1. The van der Waals surface area contributed by atoms with Gasteiger partial charge in [-0.25, -0.2) is 9.36 Å². The number of carbonyl (C=O) groups is 2. The number of phosphoric acid groups is 1. The molecule has 0 bridgehead atoms. The molecule has 0 aliphatic carbocycles. The van der Waals surface area contributed by atoms with Gasteiger partial charge in [0.25, 0.3) is 0 Å². The Morgan fingerprint density at radius 2 is 1.60 bits per heavy atom. The van der Waals surface area contributed by atoms with E-state index in [1.54, 1.807) is 41.5 Å². The van der Waals surface area contributed by atoms with E-state index in [0.717, 1.165) is 28.1 Å². The molecule has 13 nitrogen and oxygen atoms in total. The quantitative estimate of drug-likeness (QED) is 0.241. The largest absolute Gasteiger partial charge is 0.474 e. The molecule has 4 atom stereocenters. The molecule has 1 aliphatic heterocycles. The maximum Gasteiger partial charge on any atom is 0.474 e. The van der Waals surface area contributed by atoms with E-state index in [1.165, 1.54) is 19.4 Å². The molecule has 228 valence electrons. The molecule has 1 saturated heterocycles. The number of hydrogen-bond donors (Lipinski definition) is 2. The van der Waals surface area contributed by atoms with Crippen LogP contribution in [0.2, 0.25) is 0 Å². The van der Waals surface area contributed by atoms with Gasteiger partial charge in [-0.1, -0.05) is 65.1 Å². The van der Waals surface area contributed by atoms with Crippen LogP contribution in [0.15, 0.2) is 17.1 Å². The number of nitrogens with zero attached hydrogens (tertiary/aromatic N) is 2. The molecule has 1 aromatic rings. The topological polar surface area (TPSA) is 178 Å². The van der Waals surface area contributed by atoms with Crippen molar-refractivity contribution >= 4 is 47.4 Å². The van der Waals surface area contributed by atoms with Gasteiger partial charge in [-0.2, -0.15) is 4.98 Å². The molecule has 0 spiro atoms.